The van der Waals surface area contributed by atoms with Gasteiger partial charge in [-0.15, -0.1) is 0 Å². The van der Waals surface area contributed by atoms with E-state index in [2.05, 4.69) is 10.1 Å². The molecule has 1 saturated heterocycles. The number of H-pyrrole nitrogens is 2. The van der Waals surface area contributed by atoms with Gasteiger partial charge in [-0.3, -0.25) is 23.7 Å². The van der Waals surface area contributed by atoms with Gasteiger partial charge in [0.1, 0.15) is 24.0 Å². The highest BCUT2D eigenvalue weighted by molar-refractivity contribution is 7.52. The van der Waals surface area contributed by atoms with Crippen LogP contribution in [0.3, 0.4) is 0 Å². The lowest BCUT2D eigenvalue weighted by atomic mass is 9.98. The number of aliphatic hydroxyl groups excluding tert-OH is 1. The van der Waals surface area contributed by atoms with Crippen LogP contribution in [0.5, 0.6) is 5.75 Å². The number of aromatic amines is 2. The van der Waals surface area contributed by atoms with Gasteiger partial charge in [-0.2, -0.15) is 5.09 Å². The fourth-order valence-corrected chi connectivity index (χ4v) is 6.37. The first-order valence-electron chi connectivity index (χ1n) is 13.5. The van der Waals surface area contributed by atoms with Crippen molar-refractivity contribution in [2.45, 2.75) is 63.9 Å². The number of ether oxygens (including phenoxy) is 2. The molecule has 1 aliphatic heterocycles. The molecule has 1 unspecified atom stereocenters. The Bertz CT molecular complexity index is 1820. The Morgan fingerprint density at radius 1 is 1.14 bits per heavy atom. The molecular weight excluding hydrogens is 586 g/mol. The molecule has 230 valence electrons. The summed E-state index contributed by atoms with van der Waals surface area (Å²) in [5.41, 5.74) is -2.58. The first-order chi connectivity index (χ1) is 20.3. The van der Waals surface area contributed by atoms with Crippen LogP contribution in [-0.4, -0.2) is 62.2 Å². The van der Waals surface area contributed by atoms with Gasteiger partial charge >= 0.3 is 19.4 Å². The fourth-order valence-electron chi connectivity index (χ4n) is 4.88. The molecule has 5 rings (SSSR count). The molecule has 15 heteroatoms. The number of rotatable bonds is 10. The van der Waals surface area contributed by atoms with Gasteiger partial charge in [-0.1, -0.05) is 18.2 Å². The van der Waals surface area contributed by atoms with Crippen molar-refractivity contribution >= 4 is 35.5 Å². The van der Waals surface area contributed by atoms with Gasteiger partial charge < -0.3 is 24.1 Å². The van der Waals surface area contributed by atoms with Crippen molar-refractivity contribution in [1.82, 2.24) is 19.6 Å². The molecular formula is C28H32FN4O9P. The number of aromatic nitrogens is 3. The second kappa shape index (κ2) is 11.7. The van der Waals surface area contributed by atoms with E-state index in [1.54, 1.807) is 32.0 Å². The molecule has 0 aliphatic carbocycles. The third-order valence-corrected chi connectivity index (χ3v) is 8.63. The van der Waals surface area contributed by atoms with E-state index in [1.165, 1.54) is 6.92 Å². The van der Waals surface area contributed by atoms with Crippen LogP contribution in [0.1, 0.15) is 33.9 Å². The number of carbonyl (C=O) groups excluding carboxylic acids is 1. The van der Waals surface area contributed by atoms with Crippen molar-refractivity contribution in [3.8, 4) is 5.75 Å². The molecule has 0 radical (unpaired) electrons. The quantitative estimate of drug-likeness (QED) is 0.153. The van der Waals surface area contributed by atoms with Crippen molar-refractivity contribution in [3.63, 3.8) is 0 Å². The van der Waals surface area contributed by atoms with E-state index in [1.807, 2.05) is 29.2 Å². The molecule has 4 aromatic rings. The van der Waals surface area contributed by atoms with Gasteiger partial charge in [-0.05, 0) is 45.9 Å². The van der Waals surface area contributed by atoms with E-state index in [9.17, 15) is 24.1 Å². The number of halogens is 1. The maximum Gasteiger partial charge on any atom is 0.459 e. The SMILES string of the molecule is CC(C)OC(=O)[C@H](C)NP(=O)(OC[C@H]1O[C@@H](n2ccc(=O)[nH]c2=O)[C@](C)(F)[C@@H]1O)Oc1ccc2c(c1)[nH]c1ccccc12. The van der Waals surface area contributed by atoms with Crippen molar-refractivity contribution < 1.29 is 37.4 Å². The summed E-state index contributed by atoms with van der Waals surface area (Å²) >= 11 is 0. The minimum atomic E-state index is -4.43. The van der Waals surface area contributed by atoms with E-state index in [-0.39, 0.29) is 5.75 Å². The van der Waals surface area contributed by atoms with Gasteiger partial charge in [0.05, 0.1) is 18.2 Å². The normalized spacial score (nSPS) is 24.3. The average molecular weight is 619 g/mol. The topological polar surface area (TPSA) is 174 Å². The second-order valence-corrected chi connectivity index (χ2v) is 12.4. The number of hydrogen-bond donors (Lipinski definition) is 4. The van der Waals surface area contributed by atoms with Crippen molar-refractivity contribution in [3.05, 3.63) is 75.6 Å². The number of aliphatic hydroxyl groups is 1. The van der Waals surface area contributed by atoms with E-state index in [0.29, 0.717) is 5.52 Å². The zero-order valence-electron chi connectivity index (χ0n) is 23.8. The molecule has 43 heavy (non-hydrogen) atoms. The third-order valence-electron chi connectivity index (χ3n) is 6.99. The fraction of sp³-hybridized carbons (Fsp3) is 0.393. The Morgan fingerprint density at radius 2 is 1.86 bits per heavy atom. The van der Waals surface area contributed by atoms with E-state index in [4.69, 9.17) is 18.5 Å². The van der Waals surface area contributed by atoms with Crippen molar-refractivity contribution in [2.75, 3.05) is 6.61 Å². The number of esters is 1. The van der Waals surface area contributed by atoms with Crippen LogP contribution < -0.4 is 20.9 Å². The van der Waals surface area contributed by atoms with Crippen molar-refractivity contribution in [1.29, 1.82) is 0 Å². The maximum absolute atomic E-state index is 15.7. The summed E-state index contributed by atoms with van der Waals surface area (Å²) in [6.07, 6.45) is -4.31. The number of alkyl halides is 1. The number of para-hydroxylation sites is 1. The lowest BCUT2D eigenvalue weighted by Crippen LogP contribution is -2.43. The first kappa shape index (κ1) is 30.6. The third kappa shape index (κ3) is 6.29. The summed E-state index contributed by atoms with van der Waals surface area (Å²) in [5, 5.41) is 15.2. The number of benzene rings is 2. The minimum absolute atomic E-state index is 0.125. The first-order valence-corrected chi connectivity index (χ1v) is 15.1. The predicted molar refractivity (Wildman–Crippen MR) is 155 cm³/mol. The standard InChI is InChI=1S/C28H32FN4O9P/c1-15(2)40-25(36)16(3)32-43(38,42-17-9-10-19-18-7-5-6-8-20(18)30-21(19)13-17)39-14-22-24(35)28(4,29)26(41-22)33-12-11-23(34)31-27(33)37/h5-13,15-16,22,24,26,30,35H,14H2,1-4H3,(H,32,38)(H,31,34,37)/t16-,22+,24+,26+,28+,43?/m0/s1. The van der Waals surface area contributed by atoms with Gasteiger partial charge in [0, 0.05) is 34.6 Å². The van der Waals surface area contributed by atoms with E-state index < -0.39 is 67.8 Å². The lowest BCUT2D eigenvalue weighted by molar-refractivity contribution is -0.149. The summed E-state index contributed by atoms with van der Waals surface area (Å²) in [6, 6.07) is 12.5. The zero-order chi connectivity index (χ0) is 31.1. The summed E-state index contributed by atoms with van der Waals surface area (Å²) in [5.74, 6) is -0.598. The molecule has 1 fully saturated rings. The highest BCUT2D eigenvalue weighted by Gasteiger charge is 2.56. The monoisotopic (exact) mass is 618 g/mol. The maximum atomic E-state index is 15.7. The van der Waals surface area contributed by atoms with Crippen LogP contribution in [0.4, 0.5) is 4.39 Å². The van der Waals surface area contributed by atoms with Crippen LogP contribution >= 0.6 is 7.75 Å². The van der Waals surface area contributed by atoms with Gasteiger partial charge in [-0.25, -0.2) is 13.8 Å². The molecule has 0 spiro atoms. The number of nitrogens with zero attached hydrogens (tertiary/aromatic N) is 1. The van der Waals surface area contributed by atoms with Gasteiger partial charge in [0.2, 0.25) is 0 Å². The number of fused-ring (bicyclic) bond motifs is 3. The summed E-state index contributed by atoms with van der Waals surface area (Å²) in [6.45, 7) is 5.07. The molecule has 0 saturated carbocycles. The van der Waals surface area contributed by atoms with E-state index >= 15 is 4.39 Å². The molecule has 0 amide bonds. The van der Waals surface area contributed by atoms with Crippen LogP contribution in [0.25, 0.3) is 21.8 Å². The minimum Gasteiger partial charge on any atom is -0.462 e. The molecule has 6 atom stereocenters. The zero-order valence-corrected chi connectivity index (χ0v) is 24.7. The molecule has 1 aliphatic rings. The van der Waals surface area contributed by atoms with Crippen LogP contribution in [-0.2, 0) is 23.4 Å². The number of nitrogens with one attached hydrogen (secondary N) is 3. The largest absolute Gasteiger partial charge is 0.462 e. The highest BCUT2D eigenvalue weighted by atomic mass is 31.2. The Kier molecular flexibility index (Phi) is 8.34. The van der Waals surface area contributed by atoms with Gasteiger partial charge in [0.25, 0.3) is 5.56 Å². The summed E-state index contributed by atoms with van der Waals surface area (Å²) in [4.78, 5) is 41.5. The smallest absolute Gasteiger partial charge is 0.459 e. The van der Waals surface area contributed by atoms with Crippen LogP contribution in [0.2, 0.25) is 0 Å². The lowest BCUT2D eigenvalue weighted by Gasteiger charge is -2.25. The Morgan fingerprint density at radius 3 is 2.58 bits per heavy atom. The summed E-state index contributed by atoms with van der Waals surface area (Å²) in [7, 11) is -4.43. The molecule has 4 N–H and O–H groups in total. The molecule has 0 bridgehead atoms. The number of carbonyl (C=O) groups is 1. The molecule has 13 nitrogen and oxygen atoms in total. The molecule has 3 heterocycles. The van der Waals surface area contributed by atoms with Crippen LogP contribution in [0.15, 0.2) is 64.3 Å². The second-order valence-electron chi connectivity index (χ2n) is 10.7. The van der Waals surface area contributed by atoms with Crippen molar-refractivity contribution in [2.24, 2.45) is 0 Å². The molecule has 2 aromatic carbocycles. The Labute approximate surface area is 244 Å². The molecule has 2 aromatic heterocycles. The Balaban J connectivity index is 1.40. The summed E-state index contributed by atoms with van der Waals surface area (Å²) < 4.78 is 52.7. The van der Waals surface area contributed by atoms with Gasteiger partial charge in [0.15, 0.2) is 11.9 Å². The van der Waals surface area contributed by atoms with Crippen LogP contribution in [0, 0.1) is 0 Å². The highest BCUT2D eigenvalue weighted by Crippen LogP contribution is 2.48. The average Bonchev–Trinajstić information content (AvgIpc) is 3.40. The Hall–Kier alpha value is -3.81. The van der Waals surface area contributed by atoms with E-state index in [0.717, 1.165) is 40.0 Å². The number of hydrogen-bond acceptors (Lipinski definition) is 9. The predicted octanol–water partition coefficient (Wildman–Crippen LogP) is 3.29.